The van der Waals surface area contributed by atoms with Crippen molar-refractivity contribution in [2.45, 2.75) is 98.9 Å². The Morgan fingerprint density at radius 3 is 1.97 bits per heavy atom. The molecule has 0 heterocycles. The summed E-state index contributed by atoms with van der Waals surface area (Å²) in [5.74, 6) is -0.651. The minimum atomic E-state index is -0.859. The van der Waals surface area contributed by atoms with E-state index in [-0.39, 0.29) is 18.4 Å². The largest absolute Gasteiger partial charge is 0.444 e. The minimum absolute atomic E-state index is 0.273. The molecule has 7 heteroatoms. The van der Waals surface area contributed by atoms with Crippen molar-refractivity contribution in [1.29, 1.82) is 0 Å². The third-order valence-corrected chi connectivity index (χ3v) is 4.50. The molecule has 1 aromatic carbocycles. The number of carbonyl (C=O) groups is 3. The van der Waals surface area contributed by atoms with Gasteiger partial charge in [-0.05, 0) is 87.3 Å². The van der Waals surface area contributed by atoms with Gasteiger partial charge in [0, 0.05) is 11.1 Å². The van der Waals surface area contributed by atoms with Crippen molar-refractivity contribution in [3.63, 3.8) is 0 Å². The van der Waals surface area contributed by atoms with Gasteiger partial charge in [0.25, 0.3) is 0 Å². The third kappa shape index (κ3) is 8.52. The van der Waals surface area contributed by atoms with E-state index >= 15 is 0 Å². The van der Waals surface area contributed by atoms with Crippen molar-refractivity contribution >= 4 is 17.9 Å². The number of rotatable bonds is 5. The zero-order chi connectivity index (χ0) is 25.1. The van der Waals surface area contributed by atoms with Crippen LogP contribution in [0.1, 0.15) is 85.0 Å². The molecule has 0 saturated heterocycles. The SMILES string of the molecule is Cc1ccc(C(C(=O)NC(C)(C)C)N(C(=O)CNC(=O)OC(C)(C)C)C(C)(C)C)c(C)c1. The number of aryl methyl sites for hydroxylation is 2. The number of hydrogen-bond donors (Lipinski definition) is 2. The average molecular weight is 448 g/mol. The fourth-order valence-corrected chi connectivity index (χ4v) is 3.42. The molecule has 0 aromatic heterocycles. The molecular weight excluding hydrogens is 406 g/mol. The second-order valence-electron chi connectivity index (χ2n) is 11.3. The highest BCUT2D eigenvalue weighted by molar-refractivity contribution is 5.91. The molecule has 0 aliphatic rings. The van der Waals surface area contributed by atoms with Crippen LogP contribution in [0.15, 0.2) is 18.2 Å². The number of carbonyl (C=O) groups excluding carboxylic acids is 3. The van der Waals surface area contributed by atoms with Crippen LogP contribution in [0.2, 0.25) is 0 Å². The molecule has 1 aromatic rings. The molecule has 32 heavy (non-hydrogen) atoms. The van der Waals surface area contributed by atoms with Crippen molar-refractivity contribution in [3.8, 4) is 0 Å². The molecule has 0 aliphatic heterocycles. The maximum atomic E-state index is 13.5. The first-order chi connectivity index (χ1) is 14.3. The average Bonchev–Trinajstić information content (AvgIpc) is 2.54. The number of nitrogens with one attached hydrogen (secondary N) is 2. The van der Waals surface area contributed by atoms with Crippen LogP contribution in [-0.4, -0.2) is 46.0 Å². The normalized spacial score (nSPS) is 13.2. The molecule has 3 amide bonds. The molecule has 0 fully saturated rings. The smallest absolute Gasteiger partial charge is 0.408 e. The van der Waals surface area contributed by atoms with Gasteiger partial charge < -0.3 is 20.3 Å². The molecule has 1 rings (SSSR count). The highest BCUT2D eigenvalue weighted by atomic mass is 16.6. The number of nitrogens with zero attached hydrogens (tertiary/aromatic N) is 1. The Bertz CT molecular complexity index is 842. The molecule has 7 nitrogen and oxygen atoms in total. The van der Waals surface area contributed by atoms with Crippen molar-refractivity contribution in [1.82, 2.24) is 15.5 Å². The summed E-state index contributed by atoms with van der Waals surface area (Å²) in [7, 11) is 0. The molecule has 2 N–H and O–H groups in total. The van der Waals surface area contributed by atoms with E-state index in [4.69, 9.17) is 4.74 Å². The van der Waals surface area contributed by atoms with Gasteiger partial charge in [0.1, 0.15) is 18.2 Å². The van der Waals surface area contributed by atoms with E-state index in [1.807, 2.05) is 73.6 Å². The predicted molar refractivity (Wildman–Crippen MR) is 127 cm³/mol. The van der Waals surface area contributed by atoms with E-state index in [9.17, 15) is 14.4 Å². The summed E-state index contributed by atoms with van der Waals surface area (Å²) in [6.45, 7) is 20.2. The summed E-state index contributed by atoms with van der Waals surface area (Å²) in [6, 6.07) is 4.97. The summed E-state index contributed by atoms with van der Waals surface area (Å²) < 4.78 is 5.24. The predicted octanol–water partition coefficient (Wildman–Crippen LogP) is 4.41. The van der Waals surface area contributed by atoms with Gasteiger partial charge in [0.15, 0.2) is 0 Å². The van der Waals surface area contributed by atoms with Gasteiger partial charge in [-0.15, -0.1) is 0 Å². The molecule has 1 atom stereocenters. The van der Waals surface area contributed by atoms with Crippen LogP contribution >= 0.6 is 0 Å². The molecular formula is C25H41N3O4. The number of amides is 3. The number of hydrogen-bond acceptors (Lipinski definition) is 4. The van der Waals surface area contributed by atoms with Crippen LogP contribution < -0.4 is 10.6 Å². The lowest BCUT2D eigenvalue weighted by molar-refractivity contribution is -0.146. The lowest BCUT2D eigenvalue weighted by Crippen LogP contribution is -2.57. The highest BCUT2D eigenvalue weighted by Gasteiger charge is 2.40. The Kier molecular flexibility index (Phi) is 8.52. The van der Waals surface area contributed by atoms with Crippen molar-refractivity contribution < 1.29 is 19.1 Å². The number of benzene rings is 1. The van der Waals surface area contributed by atoms with Crippen LogP contribution in [0, 0.1) is 13.8 Å². The van der Waals surface area contributed by atoms with E-state index in [1.54, 1.807) is 25.7 Å². The maximum Gasteiger partial charge on any atom is 0.408 e. The quantitative estimate of drug-likeness (QED) is 0.700. The molecule has 1 unspecified atom stereocenters. The van der Waals surface area contributed by atoms with Gasteiger partial charge in [0.2, 0.25) is 11.8 Å². The first-order valence-electron chi connectivity index (χ1n) is 11.0. The van der Waals surface area contributed by atoms with E-state index in [0.717, 1.165) is 16.7 Å². The maximum absolute atomic E-state index is 13.5. The van der Waals surface area contributed by atoms with Gasteiger partial charge in [0.05, 0.1) is 0 Å². The fraction of sp³-hybridized carbons (Fsp3) is 0.640. The Morgan fingerprint density at radius 2 is 1.53 bits per heavy atom. The molecule has 0 spiro atoms. The van der Waals surface area contributed by atoms with E-state index in [1.165, 1.54) is 0 Å². The fourth-order valence-electron chi connectivity index (χ4n) is 3.42. The van der Waals surface area contributed by atoms with Gasteiger partial charge >= 0.3 is 6.09 Å². The molecule has 180 valence electrons. The Labute approximate surface area is 193 Å². The second kappa shape index (κ2) is 9.92. The zero-order valence-corrected chi connectivity index (χ0v) is 21.6. The third-order valence-electron chi connectivity index (χ3n) is 4.50. The van der Waals surface area contributed by atoms with Crippen LogP contribution in [0.3, 0.4) is 0 Å². The summed E-state index contributed by atoms with van der Waals surface area (Å²) in [4.78, 5) is 40.5. The van der Waals surface area contributed by atoms with Crippen LogP contribution in [0.4, 0.5) is 4.79 Å². The monoisotopic (exact) mass is 447 g/mol. The van der Waals surface area contributed by atoms with Crippen LogP contribution in [0.5, 0.6) is 0 Å². The van der Waals surface area contributed by atoms with Crippen LogP contribution in [0.25, 0.3) is 0 Å². The summed E-state index contributed by atoms with van der Waals surface area (Å²) in [5, 5.41) is 5.54. The molecule has 0 aliphatic carbocycles. The van der Waals surface area contributed by atoms with Crippen molar-refractivity contribution in [3.05, 3.63) is 34.9 Å². The summed E-state index contributed by atoms with van der Waals surface area (Å²) in [6.07, 6.45) is -0.679. The first-order valence-corrected chi connectivity index (χ1v) is 11.0. The molecule has 0 saturated carbocycles. The Morgan fingerprint density at radius 1 is 0.969 bits per heavy atom. The van der Waals surface area contributed by atoms with Gasteiger partial charge in [-0.1, -0.05) is 23.8 Å². The molecule has 0 radical (unpaired) electrons. The van der Waals surface area contributed by atoms with E-state index in [0.29, 0.717) is 0 Å². The van der Waals surface area contributed by atoms with Crippen LogP contribution in [-0.2, 0) is 14.3 Å². The van der Waals surface area contributed by atoms with Crippen molar-refractivity contribution in [2.75, 3.05) is 6.54 Å². The number of alkyl carbamates (subject to hydrolysis) is 1. The Hall–Kier alpha value is -2.57. The zero-order valence-electron chi connectivity index (χ0n) is 21.6. The topological polar surface area (TPSA) is 87.7 Å². The van der Waals surface area contributed by atoms with Gasteiger partial charge in [-0.25, -0.2) is 4.79 Å². The van der Waals surface area contributed by atoms with Gasteiger partial charge in [-0.3, -0.25) is 9.59 Å². The highest BCUT2D eigenvalue weighted by Crippen LogP contribution is 2.32. The summed E-state index contributed by atoms with van der Waals surface area (Å²) >= 11 is 0. The second-order valence-corrected chi connectivity index (χ2v) is 11.3. The minimum Gasteiger partial charge on any atom is -0.444 e. The van der Waals surface area contributed by atoms with Gasteiger partial charge in [-0.2, -0.15) is 0 Å². The van der Waals surface area contributed by atoms with E-state index in [2.05, 4.69) is 10.6 Å². The Balaban J connectivity index is 3.39. The lowest BCUT2D eigenvalue weighted by atomic mass is 9.92. The van der Waals surface area contributed by atoms with E-state index < -0.39 is 28.8 Å². The lowest BCUT2D eigenvalue weighted by Gasteiger charge is -2.42. The number of ether oxygens (including phenoxy) is 1. The first kappa shape index (κ1) is 27.5. The summed E-state index contributed by atoms with van der Waals surface area (Å²) in [5.41, 5.74) is 0.894. The van der Waals surface area contributed by atoms with Crippen molar-refractivity contribution in [2.24, 2.45) is 0 Å². The molecule has 0 bridgehead atoms. The standard InChI is InChI=1S/C25H41N3O4/c1-16-12-13-18(17(2)14-16)20(21(30)27-23(3,4)5)28(24(6,7)8)19(29)15-26-22(31)32-25(9,10)11/h12-14,20H,15H2,1-11H3,(H,26,31)(H,27,30).